The molecule has 1 rings (SSSR count). The summed E-state index contributed by atoms with van der Waals surface area (Å²) in [5, 5.41) is 0. The molecule has 0 aliphatic carbocycles. The lowest BCUT2D eigenvalue weighted by Crippen LogP contribution is -2.33. The second-order valence-corrected chi connectivity index (χ2v) is 4.98. The molecule has 0 aliphatic heterocycles. The number of hydrogen-bond acceptors (Lipinski definition) is 6. The molecule has 0 saturated heterocycles. The maximum Gasteiger partial charge on any atom is 0.310 e. The van der Waals surface area contributed by atoms with Crippen LogP contribution in [-0.2, 0) is 19.1 Å². The molecule has 2 N–H and O–H groups in total. The van der Waals surface area contributed by atoms with E-state index in [0.29, 0.717) is 12.4 Å². The van der Waals surface area contributed by atoms with E-state index >= 15 is 0 Å². The highest BCUT2D eigenvalue weighted by Gasteiger charge is 2.32. The van der Waals surface area contributed by atoms with Crippen molar-refractivity contribution in [2.45, 2.75) is 26.2 Å². The third-order valence-corrected chi connectivity index (χ3v) is 3.56. The van der Waals surface area contributed by atoms with Gasteiger partial charge < -0.3 is 19.9 Å². The van der Waals surface area contributed by atoms with Crippen LogP contribution in [-0.4, -0.2) is 38.8 Å². The van der Waals surface area contributed by atoms with E-state index in [1.165, 1.54) is 0 Å². The van der Waals surface area contributed by atoms with Gasteiger partial charge in [-0.05, 0) is 31.5 Å². The summed E-state index contributed by atoms with van der Waals surface area (Å²) in [6, 6.07) is 7.22. The van der Waals surface area contributed by atoms with E-state index < -0.39 is 17.8 Å². The van der Waals surface area contributed by atoms with Gasteiger partial charge in [0.05, 0.1) is 32.7 Å². The first kappa shape index (κ1) is 19.0. The molecule has 6 heteroatoms. The van der Waals surface area contributed by atoms with Crippen molar-refractivity contribution in [3.63, 3.8) is 0 Å². The largest absolute Gasteiger partial charge is 0.497 e. The molecule has 0 amide bonds. The second-order valence-electron chi connectivity index (χ2n) is 4.98. The van der Waals surface area contributed by atoms with Crippen LogP contribution < -0.4 is 10.5 Å². The minimum Gasteiger partial charge on any atom is -0.497 e. The van der Waals surface area contributed by atoms with E-state index in [0.717, 1.165) is 5.56 Å². The van der Waals surface area contributed by atoms with Crippen LogP contribution in [0.25, 0.3) is 0 Å². The van der Waals surface area contributed by atoms with E-state index in [-0.39, 0.29) is 25.5 Å². The molecule has 0 aromatic heterocycles. The average Bonchev–Trinajstić information content (AvgIpc) is 2.55. The molecule has 2 unspecified atom stereocenters. The molecule has 0 heterocycles. The molecule has 0 radical (unpaired) electrons. The van der Waals surface area contributed by atoms with Crippen molar-refractivity contribution in [1.82, 2.24) is 0 Å². The van der Waals surface area contributed by atoms with Gasteiger partial charge in [0, 0.05) is 12.5 Å². The summed E-state index contributed by atoms with van der Waals surface area (Å²) in [4.78, 5) is 24.1. The lowest BCUT2D eigenvalue weighted by molar-refractivity contribution is -0.150. The zero-order valence-electron chi connectivity index (χ0n) is 13.9. The van der Waals surface area contributed by atoms with E-state index in [2.05, 4.69) is 0 Å². The Labute approximate surface area is 136 Å². The SMILES string of the molecule is CCOC(=O)CC(c1ccc(OC)cc1)C(CN)C(=O)OCC. The first-order valence-electron chi connectivity index (χ1n) is 7.73. The summed E-state index contributed by atoms with van der Waals surface area (Å²) < 4.78 is 15.2. The minimum atomic E-state index is -0.604. The maximum atomic E-state index is 12.2. The minimum absolute atomic E-state index is 0.0703. The van der Waals surface area contributed by atoms with Gasteiger partial charge in [-0.3, -0.25) is 9.59 Å². The van der Waals surface area contributed by atoms with Crippen LogP contribution in [0, 0.1) is 5.92 Å². The first-order valence-corrected chi connectivity index (χ1v) is 7.73. The highest BCUT2D eigenvalue weighted by Crippen LogP contribution is 2.30. The molecule has 2 atom stereocenters. The quantitative estimate of drug-likeness (QED) is 0.698. The average molecular weight is 323 g/mol. The van der Waals surface area contributed by atoms with Gasteiger partial charge in [0.2, 0.25) is 0 Å². The molecule has 128 valence electrons. The van der Waals surface area contributed by atoms with Crippen LogP contribution in [0.15, 0.2) is 24.3 Å². The predicted molar refractivity (Wildman–Crippen MR) is 86.2 cm³/mol. The van der Waals surface area contributed by atoms with Crippen LogP contribution in [0.1, 0.15) is 31.7 Å². The molecule has 0 bridgehead atoms. The summed E-state index contributed by atoms with van der Waals surface area (Å²) >= 11 is 0. The van der Waals surface area contributed by atoms with Crippen molar-refractivity contribution in [3.8, 4) is 5.75 Å². The van der Waals surface area contributed by atoms with Gasteiger partial charge in [-0.25, -0.2) is 0 Å². The van der Waals surface area contributed by atoms with Crippen LogP contribution in [0.3, 0.4) is 0 Å². The summed E-state index contributed by atoms with van der Waals surface area (Å²) in [5.74, 6) is -1.07. The number of hydrogen-bond donors (Lipinski definition) is 1. The number of carbonyl (C=O) groups excluding carboxylic acids is 2. The summed E-state index contributed by atoms with van der Waals surface area (Å²) in [6.45, 7) is 4.13. The van der Waals surface area contributed by atoms with Crippen molar-refractivity contribution in [2.75, 3.05) is 26.9 Å². The van der Waals surface area contributed by atoms with Crippen molar-refractivity contribution >= 4 is 11.9 Å². The zero-order valence-corrected chi connectivity index (χ0v) is 13.9. The Hall–Kier alpha value is -2.08. The number of carbonyl (C=O) groups is 2. The Kier molecular flexibility index (Phi) is 8.11. The van der Waals surface area contributed by atoms with E-state index in [1.807, 2.05) is 12.1 Å². The van der Waals surface area contributed by atoms with Crippen LogP contribution in [0.2, 0.25) is 0 Å². The highest BCUT2D eigenvalue weighted by molar-refractivity contribution is 5.77. The smallest absolute Gasteiger partial charge is 0.310 e. The number of rotatable bonds is 9. The lowest BCUT2D eigenvalue weighted by atomic mass is 9.83. The van der Waals surface area contributed by atoms with Crippen molar-refractivity contribution < 1.29 is 23.8 Å². The van der Waals surface area contributed by atoms with Gasteiger partial charge in [0.25, 0.3) is 0 Å². The molecular weight excluding hydrogens is 298 g/mol. The molecule has 0 fully saturated rings. The van der Waals surface area contributed by atoms with Crippen LogP contribution >= 0.6 is 0 Å². The fourth-order valence-corrected chi connectivity index (χ4v) is 2.42. The molecule has 6 nitrogen and oxygen atoms in total. The van der Waals surface area contributed by atoms with Crippen molar-refractivity contribution in [3.05, 3.63) is 29.8 Å². The lowest BCUT2D eigenvalue weighted by Gasteiger charge is -2.24. The van der Waals surface area contributed by atoms with E-state index in [1.54, 1.807) is 33.1 Å². The molecule has 1 aromatic carbocycles. The maximum absolute atomic E-state index is 12.2. The van der Waals surface area contributed by atoms with Crippen molar-refractivity contribution in [1.29, 1.82) is 0 Å². The van der Waals surface area contributed by atoms with Gasteiger partial charge in [0.15, 0.2) is 0 Å². The normalized spacial score (nSPS) is 13.0. The number of esters is 2. The summed E-state index contributed by atoms with van der Waals surface area (Å²) in [7, 11) is 1.58. The molecule has 0 spiro atoms. The first-order chi connectivity index (χ1) is 11.1. The van der Waals surface area contributed by atoms with E-state index in [9.17, 15) is 9.59 Å². The number of benzene rings is 1. The predicted octanol–water partition coefficient (Wildman–Crippen LogP) is 1.87. The third-order valence-electron chi connectivity index (χ3n) is 3.56. The third kappa shape index (κ3) is 5.56. The standard InChI is InChI=1S/C17H25NO5/c1-4-22-16(19)10-14(15(11-18)17(20)23-5-2)12-6-8-13(21-3)9-7-12/h6-9,14-15H,4-5,10-11,18H2,1-3H3. The Morgan fingerprint density at radius 3 is 2.17 bits per heavy atom. The highest BCUT2D eigenvalue weighted by atomic mass is 16.5. The summed E-state index contributed by atoms with van der Waals surface area (Å²) in [5.41, 5.74) is 6.59. The monoisotopic (exact) mass is 323 g/mol. The Balaban J connectivity index is 3.07. The molecule has 0 saturated carbocycles. The fourth-order valence-electron chi connectivity index (χ4n) is 2.42. The Bertz CT molecular complexity index is 500. The van der Waals surface area contributed by atoms with Crippen LogP contribution in [0.5, 0.6) is 5.75 Å². The van der Waals surface area contributed by atoms with Gasteiger partial charge in [0.1, 0.15) is 5.75 Å². The van der Waals surface area contributed by atoms with Gasteiger partial charge in [-0.1, -0.05) is 12.1 Å². The zero-order chi connectivity index (χ0) is 17.2. The molecule has 1 aromatic rings. The van der Waals surface area contributed by atoms with Gasteiger partial charge in [-0.15, -0.1) is 0 Å². The number of nitrogens with two attached hydrogens (primary N) is 1. The van der Waals surface area contributed by atoms with Crippen LogP contribution in [0.4, 0.5) is 0 Å². The van der Waals surface area contributed by atoms with Gasteiger partial charge >= 0.3 is 11.9 Å². The molecule has 23 heavy (non-hydrogen) atoms. The van der Waals surface area contributed by atoms with Crippen molar-refractivity contribution in [2.24, 2.45) is 11.7 Å². The number of methoxy groups -OCH3 is 1. The van der Waals surface area contributed by atoms with E-state index in [4.69, 9.17) is 19.9 Å². The topological polar surface area (TPSA) is 87.9 Å². The molecule has 0 aliphatic rings. The Morgan fingerprint density at radius 1 is 1.09 bits per heavy atom. The van der Waals surface area contributed by atoms with Gasteiger partial charge in [-0.2, -0.15) is 0 Å². The fraction of sp³-hybridized carbons (Fsp3) is 0.529. The summed E-state index contributed by atoms with van der Waals surface area (Å²) in [6.07, 6.45) is 0.0703. The molecular formula is C17H25NO5. The number of ether oxygens (including phenoxy) is 3. The second kappa shape index (κ2) is 9.84. The Morgan fingerprint density at radius 2 is 1.70 bits per heavy atom.